The van der Waals surface area contributed by atoms with Gasteiger partial charge < -0.3 is 18.9 Å². The molecule has 0 aliphatic carbocycles. The Labute approximate surface area is 272 Å². The van der Waals surface area contributed by atoms with Gasteiger partial charge in [0.15, 0.2) is 16.3 Å². The van der Waals surface area contributed by atoms with E-state index in [4.69, 9.17) is 18.9 Å². The highest BCUT2D eigenvalue weighted by Gasteiger charge is 2.35. The van der Waals surface area contributed by atoms with Gasteiger partial charge in [0.05, 0.1) is 35.6 Å². The van der Waals surface area contributed by atoms with Crippen molar-refractivity contribution in [1.82, 2.24) is 4.57 Å². The SMILES string of the molecule is CCOC(=O)C1=C(C)N=c2s/c(=C/c3cc(OC)c(OCc4ccccc4F)cc3Br)c(=O)n2[C@H]1c1ccccc1OC(C)C. The van der Waals surface area contributed by atoms with E-state index in [1.165, 1.54) is 29.1 Å². The summed E-state index contributed by atoms with van der Waals surface area (Å²) in [5, 5.41) is 0. The fraction of sp³-hybridized carbons (Fsp3) is 0.265. The summed E-state index contributed by atoms with van der Waals surface area (Å²) in [6.07, 6.45) is 1.60. The Balaban J connectivity index is 1.61. The van der Waals surface area contributed by atoms with Crippen LogP contribution in [0.15, 0.2) is 86.2 Å². The van der Waals surface area contributed by atoms with Crippen LogP contribution in [0.25, 0.3) is 6.08 Å². The van der Waals surface area contributed by atoms with Crippen molar-refractivity contribution < 1.29 is 28.1 Å². The first-order chi connectivity index (χ1) is 21.6. The predicted molar refractivity (Wildman–Crippen MR) is 174 cm³/mol. The molecule has 0 radical (unpaired) electrons. The first kappa shape index (κ1) is 32.2. The fourth-order valence-corrected chi connectivity index (χ4v) is 6.47. The number of fused-ring (bicyclic) bond motifs is 1. The van der Waals surface area contributed by atoms with Crippen molar-refractivity contribution in [3.05, 3.63) is 119 Å². The van der Waals surface area contributed by atoms with Gasteiger partial charge in [0.25, 0.3) is 5.56 Å². The average Bonchev–Trinajstić information content (AvgIpc) is 3.31. The molecule has 2 heterocycles. The zero-order valence-electron chi connectivity index (χ0n) is 25.4. The minimum atomic E-state index is -0.815. The van der Waals surface area contributed by atoms with Gasteiger partial charge in [-0.1, -0.05) is 63.7 Å². The highest BCUT2D eigenvalue weighted by atomic mass is 79.9. The Kier molecular flexibility index (Phi) is 9.89. The Morgan fingerprint density at radius 3 is 2.56 bits per heavy atom. The molecule has 234 valence electrons. The first-order valence-electron chi connectivity index (χ1n) is 14.3. The minimum absolute atomic E-state index is 0.0115. The van der Waals surface area contributed by atoms with Crippen LogP contribution >= 0.6 is 27.3 Å². The summed E-state index contributed by atoms with van der Waals surface area (Å²) in [5.41, 5.74) is 2.11. The molecular formula is C34H32BrFN2O6S. The van der Waals surface area contributed by atoms with E-state index in [1.54, 1.807) is 50.3 Å². The van der Waals surface area contributed by atoms with Crippen LogP contribution in [-0.2, 0) is 16.1 Å². The van der Waals surface area contributed by atoms with Gasteiger partial charge in [-0.05, 0) is 63.6 Å². The molecule has 1 aliphatic rings. The molecule has 0 bridgehead atoms. The van der Waals surface area contributed by atoms with Crippen molar-refractivity contribution >= 4 is 39.3 Å². The van der Waals surface area contributed by atoms with E-state index in [2.05, 4.69) is 20.9 Å². The summed E-state index contributed by atoms with van der Waals surface area (Å²) in [6, 6.07) is 16.4. The number of thiazole rings is 1. The summed E-state index contributed by atoms with van der Waals surface area (Å²) >= 11 is 4.79. The number of hydrogen-bond acceptors (Lipinski definition) is 8. The molecule has 5 rings (SSSR count). The monoisotopic (exact) mass is 694 g/mol. The molecule has 0 amide bonds. The Bertz CT molecular complexity index is 1970. The van der Waals surface area contributed by atoms with Crippen molar-refractivity contribution in [2.24, 2.45) is 4.99 Å². The van der Waals surface area contributed by atoms with Crippen molar-refractivity contribution in [3.8, 4) is 17.2 Å². The molecule has 0 fully saturated rings. The maximum Gasteiger partial charge on any atom is 0.338 e. The van der Waals surface area contributed by atoms with Crippen LogP contribution in [0.3, 0.4) is 0 Å². The van der Waals surface area contributed by atoms with E-state index < -0.39 is 12.0 Å². The molecule has 4 aromatic rings. The molecule has 0 N–H and O–H groups in total. The lowest BCUT2D eigenvalue weighted by Crippen LogP contribution is -2.40. The fourth-order valence-electron chi connectivity index (χ4n) is 5.00. The van der Waals surface area contributed by atoms with Crippen molar-refractivity contribution in [2.45, 2.75) is 46.4 Å². The number of halogens is 2. The third kappa shape index (κ3) is 6.74. The molecule has 1 atom stereocenters. The topological polar surface area (TPSA) is 88.4 Å². The van der Waals surface area contributed by atoms with E-state index in [1.807, 2.05) is 38.1 Å². The molecule has 1 aliphatic heterocycles. The second-order valence-corrected chi connectivity index (χ2v) is 12.3. The van der Waals surface area contributed by atoms with Crippen LogP contribution in [0.4, 0.5) is 4.39 Å². The van der Waals surface area contributed by atoms with Gasteiger partial charge in [0.1, 0.15) is 24.2 Å². The maximum atomic E-state index is 14.2. The van der Waals surface area contributed by atoms with Crippen LogP contribution in [0, 0.1) is 5.82 Å². The number of aromatic nitrogens is 1. The number of carbonyl (C=O) groups is 1. The molecule has 0 spiro atoms. The van der Waals surface area contributed by atoms with E-state index in [9.17, 15) is 14.0 Å². The number of hydrogen-bond donors (Lipinski definition) is 0. The van der Waals surface area contributed by atoms with Crippen LogP contribution in [0.1, 0.15) is 50.4 Å². The minimum Gasteiger partial charge on any atom is -0.493 e. The molecule has 3 aromatic carbocycles. The molecule has 0 saturated carbocycles. The molecular weight excluding hydrogens is 663 g/mol. The number of esters is 1. The van der Waals surface area contributed by atoms with Gasteiger partial charge in [-0.15, -0.1) is 0 Å². The predicted octanol–water partition coefficient (Wildman–Crippen LogP) is 6.07. The Morgan fingerprint density at radius 2 is 1.84 bits per heavy atom. The second kappa shape index (κ2) is 13.8. The van der Waals surface area contributed by atoms with E-state index in [0.29, 0.717) is 53.4 Å². The van der Waals surface area contributed by atoms with Crippen molar-refractivity contribution in [2.75, 3.05) is 13.7 Å². The molecule has 8 nitrogen and oxygen atoms in total. The number of nitrogens with zero attached hydrogens (tertiary/aromatic N) is 2. The number of methoxy groups -OCH3 is 1. The summed E-state index contributed by atoms with van der Waals surface area (Å²) in [4.78, 5) is 32.6. The summed E-state index contributed by atoms with van der Waals surface area (Å²) in [5.74, 6) is 0.466. The van der Waals surface area contributed by atoms with Crippen molar-refractivity contribution in [1.29, 1.82) is 0 Å². The lowest BCUT2D eigenvalue weighted by molar-refractivity contribution is -0.139. The lowest BCUT2D eigenvalue weighted by atomic mass is 9.95. The van der Waals surface area contributed by atoms with Gasteiger partial charge in [0.2, 0.25) is 0 Å². The lowest BCUT2D eigenvalue weighted by Gasteiger charge is -2.26. The highest BCUT2D eigenvalue weighted by molar-refractivity contribution is 9.10. The van der Waals surface area contributed by atoms with Crippen LogP contribution in [-0.4, -0.2) is 30.4 Å². The van der Waals surface area contributed by atoms with E-state index in [0.717, 1.165) is 0 Å². The number of allylic oxidation sites excluding steroid dienone is 1. The van der Waals surface area contributed by atoms with Gasteiger partial charge in [-0.2, -0.15) is 0 Å². The highest BCUT2D eigenvalue weighted by Crippen LogP contribution is 2.37. The smallest absolute Gasteiger partial charge is 0.338 e. The average molecular weight is 696 g/mol. The maximum absolute atomic E-state index is 14.2. The molecule has 11 heteroatoms. The number of para-hydroxylation sites is 1. The summed E-state index contributed by atoms with van der Waals surface area (Å²) < 4.78 is 39.7. The van der Waals surface area contributed by atoms with Crippen molar-refractivity contribution in [3.63, 3.8) is 0 Å². The number of ether oxygens (including phenoxy) is 4. The normalized spacial score (nSPS) is 14.7. The molecule has 45 heavy (non-hydrogen) atoms. The van der Waals surface area contributed by atoms with Gasteiger partial charge >= 0.3 is 5.97 Å². The number of rotatable bonds is 10. The van der Waals surface area contributed by atoms with E-state index in [-0.39, 0.29) is 36.3 Å². The van der Waals surface area contributed by atoms with Gasteiger partial charge in [-0.25, -0.2) is 14.2 Å². The van der Waals surface area contributed by atoms with Crippen LogP contribution < -0.4 is 29.1 Å². The largest absolute Gasteiger partial charge is 0.493 e. The van der Waals surface area contributed by atoms with Crippen LogP contribution in [0.2, 0.25) is 0 Å². The first-order valence-corrected chi connectivity index (χ1v) is 15.9. The standard InChI is InChI=1S/C34H32BrFN2O6S/c1-6-42-33(40)30-20(4)37-34-38(31(30)23-12-8-10-14-26(23)44-19(2)3)32(39)29(45-34)16-22-15-27(41-5)28(17-24(22)35)43-18-21-11-7-9-13-25(21)36/h7-17,19,31H,6,18H2,1-5H3/b29-16+/t31-/m0/s1. The molecule has 1 aromatic heterocycles. The second-order valence-electron chi connectivity index (χ2n) is 10.4. The third-order valence-electron chi connectivity index (χ3n) is 7.00. The Morgan fingerprint density at radius 1 is 1.11 bits per heavy atom. The van der Waals surface area contributed by atoms with Gasteiger partial charge in [0, 0.05) is 15.6 Å². The third-order valence-corrected chi connectivity index (χ3v) is 8.67. The zero-order valence-corrected chi connectivity index (χ0v) is 27.8. The molecule has 0 saturated heterocycles. The zero-order chi connectivity index (χ0) is 32.2. The van der Waals surface area contributed by atoms with E-state index >= 15 is 0 Å². The van der Waals surface area contributed by atoms with Gasteiger partial charge in [-0.3, -0.25) is 9.36 Å². The summed E-state index contributed by atoms with van der Waals surface area (Å²) in [6.45, 7) is 7.49. The quantitative estimate of drug-likeness (QED) is 0.187. The Hall–Kier alpha value is -4.22. The molecule has 0 unspecified atom stereocenters. The summed E-state index contributed by atoms with van der Waals surface area (Å²) in [7, 11) is 1.51. The number of carbonyl (C=O) groups excluding carboxylic acids is 1. The number of benzene rings is 3. The van der Waals surface area contributed by atoms with Crippen LogP contribution in [0.5, 0.6) is 17.2 Å².